The van der Waals surface area contributed by atoms with Gasteiger partial charge in [0.25, 0.3) is 0 Å². The molecule has 3 aromatic rings. The number of hydrogen-bond acceptors (Lipinski definition) is 6. The molecule has 1 unspecified atom stereocenters. The molecule has 1 aromatic carbocycles. The van der Waals surface area contributed by atoms with E-state index in [1.54, 1.807) is 13.8 Å². The van der Waals surface area contributed by atoms with Gasteiger partial charge in [0.05, 0.1) is 11.2 Å². The van der Waals surface area contributed by atoms with Gasteiger partial charge < -0.3 is 14.6 Å². The van der Waals surface area contributed by atoms with Gasteiger partial charge in [-0.3, -0.25) is 15.1 Å². The van der Waals surface area contributed by atoms with Crippen LogP contribution >= 0.6 is 0 Å². The molecule has 8 nitrogen and oxygen atoms in total. The van der Waals surface area contributed by atoms with Crippen molar-refractivity contribution in [1.29, 1.82) is 5.41 Å². The Morgan fingerprint density at radius 3 is 2.93 bits per heavy atom. The minimum Gasteiger partial charge on any atom is -0.439 e. The van der Waals surface area contributed by atoms with Gasteiger partial charge in [-0.25, -0.2) is 9.97 Å². The van der Waals surface area contributed by atoms with Crippen LogP contribution in [0.3, 0.4) is 0 Å². The molecule has 1 aliphatic rings. The third kappa shape index (κ3) is 4.43. The van der Waals surface area contributed by atoms with E-state index in [1.807, 2.05) is 41.1 Å². The number of amides is 1. The summed E-state index contributed by atoms with van der Waals surface area (Å²) in [4.78, 5) is 22.1. The highest BCUT2D eigenvalue weighted by Crippen LogP contribution is 2.26. The van der Waals surface area contributed by atoms with E-state index in [2.05, 4.69) is 20.2 Å². The van der Waals surface area contributed by atoms with Crippen molar-refractivity contribution in [3.05, 3.63) is 48.5 Å². The van der Waals surface area contributed by atoms with Crippen LogP contribution in [0.4, 0.5) is 0 Å². The molecule has 0 saturated carbocycles. The first kappa shape index (κ1) is 19.1. The van der Waals surface area contributed by atoms with Gasteiger partial charge in [0.1, 0.15) is 17.9 Å². The van der Waals surface area contributed by atoms with Crippen molar-refractivity contribution in [1.82, 2.24) is 24.8 Å². The number of nitrogens with zero attached hydrogens (tertiary/aromatic N) is 4. The van der Waals surface area contributed by atoms with Gasteiger partial charge >= 0.3 is 0 Å². The largest absolute Gasteiger partial charge is 0.439 e. The van der Waals surface area contributed by atoms with Gasteiger partial charge in [0, 0.05) is 50.2 Å². The maximum Gasteiger partial charge on any atom is 0.222 e. The Morgan fingerprint density at radius 2 is 2.14 bits per heavy atom. The van der Waals surface area contributed by atoms with Crippen LogP contribution in [0.15, 0.2) is 42.9 Å². The number of nitrogens with one attached hydrogen (secondary N) is 2. The van der Waals surface area contributed by atoms with Crippen molar-refractivity contribution in [2.45, 2.75) is 32.9 Å². The number of fused-ring (bicyclic) bond motifs is 1. The Kier molecular flexibility index (Phi) is 5.26. The van der Waals surface area contributed by atoms with Crippen LogP contribution in [0.5, 0.6) is 11.6 Å². The zero-order valence-electron chi connectivity index (χ0n) is 16.6. The maximum atomic E-state index is 11.2. The zero-order valence-corrected chi connectivity index (χ0v) is 16.6. The summed E-state index contributed by atoms with van der Waals surface area (Å²) in [5, 5.41) is 11.8. The minimum atomic E-state index is 0.0117. The zero-order chi connectivity index (χ0) is 20.4. The summed E-state index contributed by atoms with van der Waals surface area (Å²) < 4.78 is 7.77. The average molecular weight is 392 g/mol. The average Bonchev–Trinajstić information content (AvgIpc) is 3.28. The standard InChI is InChI=1S/C21H24N6O2/c1-14(22)27-8-5-16-9-19(3-4-20(16)27)29-21-10-18(23-13-24-21)12-26-7-6-17(11-26)25-15(2)28/h3-5,8-10,13,17,22H,6-7,11-12H2,1-2H3,(H,25,28). The maximum absolute atomic E-state index is 11.2. The first-order valence-corrected chi connectivity index (χ1v) is 9.63. The molecule has 0 aliphatic carbocycles. The molecule has 0 spiro atoms. The Bertz CT molecular complexity index is 1060. The van der Waals surface area contributed by atoms with Gasteiger partial charge in [0.2, 0.25) is 11.8 Å². The van der Waals surface area contributed by atoms with Crippen LogP contribution < -0.4 is 10.1 Å². The van der Waals surface area contributed by atoms with Gasteiger partial charge in [-0.15, -0.1) is 0 Å². The van der Waals surface area contributed by atoms with E-state index in [4.69, 9.17) is 10.1 Å². The van der Waals surface area contributed by atoms with E-state index >= 15 is 0 Å². The number of ether oxygens (including phenoxy) is 1. The number of carbonyl (C=O) groups excluding carboxylic acids is 1. The topological polar surface area (TPSA) is 96.1 Å². The van der Waals surface area contributed by atoms with Crippen LogP contribution in [-0.2, 0) is 11.3 Å². The summed E-state index contributed by atoms with van der Waals surface area (Å²) >= 11 is 0. The molecule has 0 bridgehead atoms. The fourth-order valence-corrected chi connectivity index (χ4v) is 3.73. The molecule has 1 fully saturated rings. The number of benzene rings is 1. The van der Waals surface area contributed by atoms with E-state index in [0.717, 1.165) is 36.1 Å². The van der Waals surface area contributed by atoms with Crippen LogP contribution in [-0.4, -0.2) is 50.3 Å². The fourth-order valence-electron chi connectivity index (χ4n) is 3.73. The molecule has 1 amide bonds. The van der Waals surface area contributed by atoms with Gasteiger partial charge in [-0.1, -0.05) is 0 Å². The van der Waals surface area contributed by atoms with E-state index < -0.39 is 0 Å². The Labute approximate surface area is 169 Å². The van der Waals surface area contributed by atoms with E-state index in [9.17, 15) is 4.79 Å². The summed E-state index contributed by atoms with van der Waals surface area (Å²) in [6, 6.07) is 9.77. The lowest BCUT2D eigenvalue weighted by molar-refractivity contribution is -0.119. The third-order valence-corrected chi connectivity index (χ3v) is 5.01. The number of hydrogen-bond donors (Lipinski definition) is 2. The molecule has 1 saturated heterocycles. The normalized spacial score (nSPS) is 16.8. The summed E-state index contributed by atoms with van der Waals surface area (Å²) in [5.41, 5.74) is 1.85. The van der Waals surface area contributed by atoms with Gasteiger partial charge in [-0.2, -0.15) is 0 Å². The molecule has 150 valence electrons. The summed E-state index contributed by atoms with van der Waals surface area (Å²) in [6.45, 7) is 5.74. The van der Waals surface area contributed by atoms with Crippen LogP contribution in [0, 0.1) is 5.41 Å². The van der Waals surface area contributed by atoms with E-state index in [1.165, 1.54) is 6.33 Å². The highest BCUT2D eigenvalue weighted by atomic mass is 16.5. The van der Waals surface area contributed by atoms with Crippen molar-refractivity contribution in [2.24, 2.45) is 0 Å². The highest BCUT2D eigenvalue weighted by molar-refractivity contribution is 5.93. The Balaban J connectivity index is 1.43. The monoisotopic (exact) mass is 392 g/mol. The smallest absolute Gasteiger partial charge is 0.222 e. The number of likely N-dealkylation sites (tertiary alicyclic amines) is 1. The van der Waals surface area contributed by atoms with Gasteiger partial charge in [0.15, 0.2) is 0 Å². The first-order valence-electron chi connectivity index (χ1n) is 9.63. The molecule has 3 heterocycles. The number of aromatic nitrogens is 3. The molecule has 0 radical (unpaired) electrons. The second-order valence-corrected chi connectivity index (χ2v) is 7.36. The molecule has 2 aromatic heterocycles. The molecule has 1 aliphatic heterocycles. The minimum absolute atomic E-state index is 0.0117. The van der Waals surface area contributed by atoms with Crippen molar-refractivity contribution in [3.63, 3.8) is 0 Å². The Hall–Kier alpha value is -3.26. The van der Waals surface area contributed by atoms with Crippen LogP contribution in [0.2, 0.25) is 0 Å². The SMILES string of the molecule is CC(=N)n1ccc2cc(Oc3cc(CN4CCC(NC(C)=O)C4)ncn3)ccc21. The number of rotatable bonds is 5. The second kappa shape index (κ2) is 8.00. The third-order valence-electron chi connectivity index (χ3n) is 5.01. The second-order valence-electron chi connectivity index (χ2n) is 7.36. The molecule has 8 heteroatoms. The van der Waals surface area contributed by atoms with Crippen molar-refractivity contribution < 1.29 is 9.53 Å². The lowest BCUT2D eigenvalue weighted by Gasteiger charge is -2.16. The van der Waals surface area contributed by atoms with Gasteiger partial charge in [-0.05, 0) is 37.6 Å². The quantitative estimate of drug-likeness (QED) is 0.514. The number of carbonyl (C=O) groups is 1. The highest BCUT2D eigenvalue weighted by Gasteiger charge is 2.23. The van der Waals surface area contributed by atoms with Crippen molar-refractivity contribution >= 4 is 22.6 Å². The van der Waals surface area contributed by atoms with Crippen molar-refractivity contribution in [2.75, 3.05) is 13.1 Å². The predicted molar refractivity (Wildman–Crippen MR) is 110 cm³/mol. The summed E-state index contributed by atoms with van der Waals surface area (Å²) in [7, 11) is 0. The lowest BCUT2D eigenvalue weighted by atomic mass is 10.2. The Morgan fingerprint density at radius 1 is 1.28 bits per heavy atom. The van der Waals surface area contributed by atoms with Crippen LogP contribution in [0.1, 0.15) is 26.0 Å². The predicted octanol–water partition coefficient (Wildman–Crippen LogP) is 2.78. The molecule has 29 heavy (non-hydrogen) atoms. The molecule has 1 atom stereocenters. The first-order chi connectivity index (χ1) is 14.0. The van der Waals surface area contributed by atoms with Crippen molar-refractivity contribution in [3.8, 4) is 11.6 Å². The molecule has 2 N–H and O–H groups in total. The summed E-state index contributed by atoms with van der Waals surface area (Å²) in [6.07, 6.45) is 4.34. The van der Waals surface area contributed by atoms with E-state index in [0.29, 0.717) is 24.0 Å². The fraction of sp³-hybridized carbons (Fsp3) is 0.333. The molecule has 4 rings (SSSR count). The summed E-state index contributed by atoms with van der Waals surface area (Å²) in [5.74, 6) is 1.67. The molecular weight excluding hydrogens is 368 g/mol. The molecular formula is C21H24N6O2. The van der Waals surface area contributed by atoms with Crippen LogP contribution in [0.25, 0.3) is 10.9 Å². The lowest BCUT2D eigenvalue weighted by Crippen LogP contribution is -2.35. The van der Waals surface area contributed by atoms with E-state index in [-0.39, 0.29) is 11.9 Å².